The number of hydrogen-bond acceptors (Lipinski definition) is 1. The van der Waals surface area contributed by atoms with Crippen LogP contribution in [0.1, 0.15) is 24.0 Å². The van der Waals surface area contributed by atoms with Crippen LogP contribution in [0.2, 0.25) is 0 Å². The summed E-state index contributed by atoms with van der Waals surface area (Å²) in [5.41, 5.74) is 6.23. The molecule has 2 aromatic carbocycles. The molecule has 1 heteroatoms. The molecule has 0 spiro atoms. The second kappa shape index (κ2) is 7.65. The van der Waals surface area contributed by atoms with Crippen molar-refractivity contribution in [1.29, 1.82) is 0 Å². The molecule has 3 rings (SSSR count). The Hall–Kier alpha value is -2.80. The standard InChI is InChI=1S/C23H23N/c1-3-4-13-20-14-11-12-19(2)23(20)24(21-15-7-5-8-16-21)22-17-9-6-10-18-22/h3-9,11-17H,1,10,18H2,2H3/b13-4-. The number of hydrogen-bond donors (Lipinski definition) is 0. The van der Waals surface area contributed by atoms with Gasteiger partial charge in [0.05, 0.1) is 5.69 Å². The molecule has 0 fully saturated rings. The zero-order valence-corrected chi connectivity index (χ0v) is 14.2. The van der Waals surface area contributed by atoms with Crippen molar-refractivity contribution < 1.29 is 0 Å². The zero-order chi connectivity index (χ0) is 16.8. The Morgan fingerprint density at radius 3 is 2.58 bits per heavy atom. The Balaban J connectivity index is 2.20. The number of benzene rings is 2. The summed E-state index contributed by atoms with van der Waals surface area (Å²) in [4.78, 5) is 2.39. The second-order valence-corrected chi connectivity index (χ2v) is 5.90. The fourth-order valence-electron chi connectivity index (χ4n) is 3.09. The maximum atomic E-state index is 3.80. The van der Waals surface area contributed by atoms with Crippen molar-refractivity contribution in [1.82, 2.24) is 0 Å². The first kappa shape index (κ1) is 16.1. The highest BCUT2D eigenvalue weighted by molar-refractivity contribution is 5.80. The predicted octanol–water partition coefficient (Wildman–Crippen LogP) is 6.57. The fourth-order valence-corrected chi connectivity index (χ4v) is 3.09. The van der Waals surface area contributed by atoms with Crippen LogP contribution < -0.4 is 4.90 Å². The Kier molecular flexibility index (Phi) is 5.12. The summed E-state index contributed by atoms with van der Waals surface area (Å²) in [5.74, 6) is 0. The molecular weight excluding hydrogens is 290 g/mol. The number of aryl methyl sites for hydroxylation is 1. The fraction of sp³-hybridized carbons (Fsp3) is 0.130. The molecule has 0 aromatic heterocycles. The summed E-state index contributed by atoms with van der Waals surface area (Å²) in [5, 5.41) is 0. The largest absolute Gasteiger partial charge is 0.313 e. The van der Waals surface area contributed by atoms with Gasteiger partial charge in [-0.1, -0.05) is 73.4 Å². The van der Waals surface area contributed by atoms with Gasteiger partial charge in [0.2, 0.25) is 0 Å². The van der Waals surface area contributed by atoms with Crippen molar-refractivity contribution in [2.24, 2.45) is 0 Å². The SMILES string of the molecule is C=C/C=C\c1cccc(C)c1N(C1=CC=CCC1)c1ccccc1. The Bertz CT molecular complexity index is 794. The molecular formula is C23H23N. The molecule has 24 heavy (non-hydrogen) atoms. The summed E-state index contributed by atoms with van der Waals surface area (Å²) in [7, 11) is 0. The second-order valence-electron chi connectivity index (χ2n) is 5.90. The highest BCUT2D eigenvalue weighted by atomic mass is 15.2. The smallest absolute Gasteiger partial charge is 0.0559 e. The maximum Gasteiger partial charge on any atom is 0.0559 e. The minimum Gasteiger partial charge on any atom is -0.313 e. The number of anilines is 2. The lowest BCUT2D eigenvalue weighted by Crippen LogP contribution is -2.19. The van der Waals surface area contributed by atoms with Crippen LogP contribution in [-0.4, -0.2) is 0 Å². The van der Waals surface area contributed by atoms with Gasteiger partial charge in [0.25, 0.3) is 0 Å². The molecule has 2 aromatic rings. The molecule has 120 valence electrons. The van der Waals surface area contributed by atoms with Crippen LogP contribution in [0, 0.1) is 6.92 Å². The van der Waals surface area contributed by atoms with E-state index in [1.165, 1.54) is 28.2 Å². The van der Waals surface area contributed by atoms with Crippen molar-refractivity contribution in [3.8, 4) is 0 Å². The average Bonchev–Trinajstić information content (AvgIpc) is 2.64. The van der Waals surface area contributed by atoms with Crippen LogP contribution in [0.3, 0.4) is 0 Å². The van der Waals surface area contributed by atoms with E-state index in [2.05, 4.69) is 91.2 Å². The normalized spacial score (nSPS) is 13.8. The molecule has 0 bridgehead atoms. The Morgan fingerprint density at radius 1 is 1.04 bits per heavy atom. The van der Waals surface area contributed by atoms with E-state index in [1.807, 2.05) is 12.2 Å². The summed E-state index contributed by atoms with van der Waals surface area (Å²) in [6.45, 7) is 5.98. The first-order valence-electron chi connectivity index (χ1n) is 8.41. The van der Waals surface area contributed by atoms with E-state index in [4.69, 9.17) is 0 Å². The molecule has 0 saturated carbocycles. The summed E-state index contributed by atoms with van der Waals surface area (Å²) in [6.07, 6.45) is 14.7. The van der Waals surface area contributed by atoms with E-state index in [0.717, 1.165) is 12.8 Å². The van der Waals surface area contributed by atoms with Gasteiger partial charge < -0.3 is 4.90 Å². The summed E-state index contributed by atoms with van der Waals surface area (Å²) in [6, 6.07) is 17.1. The molecule has 1 aliphatic rings. The van der Waals surface area contributed by atoms with E-state index < -0.39 is 0 Å². The zero-order valence-electron chi connectivity index (χ0n) is 14.2. The van der Waals surface area contributed by atoms with Crippen molar-refractivity contribution in [2.45, 2.75) is 19.8 Å². The van der Waals surface area contributed by atoms with E-state index in [0.29, 0.717) is 0 Å². The quantitative estimate of drug-likeness (QED) is 0.564. The molecule has 0 aliphatic heterocycles. The van der Waals surface area contributed by atoms with Crippen LogP contribution >= 0.6 is 0 Å². The molecule has 0 unspecified atom stereocenters. The molecule has 0 radical (unpaired) electrons. The number of allylic oxidation sites excluding steroid dienone is 6. The van der Waals surface area contributed by atoms with Crippen molar-refractivity contribution in [3.05, 3.63) is 102 Å². The lowest BCUT2D eigenvalue weighted by atomic mass is 10.0. The topological polar surface area (TPSA) is 3.24 Å². The van der Waals surface area contributed by atoms with E-state index in [-0.39, 0.29) is 0 Å². The van der Waals surface area contributed by atoms with Crippen molar-refractivity contribution in [3.63, 3.8) is 0 Å². The van der Waals surface area contributed by atoms with E-state index >= 15 is 0 Å². The van der Waals surface area contributed by atoms with Crippen molar-refractivity contribution >= 4 is 17.5 Å². The number of rotatable bonds is 5. The average molecular weight is 313 g/mol. The van der Waals surface area contributed by atoms with Gasteiger partial charge in [0.15, 0.2) is 0 Å². The van der Waals surface area contributed by atoms with Gasteiger partial charge in [-0.15, -0.1) is 0 Å². The number of para-hydroxylation sites is 2. The molecule has 0 atom stereocenters. The Labute approximate surface area is 144 Å². The van der Waals surface area contributed by atoms with Crippen LogP contribution in [0.4, 0.5) is 11.4 Å². The lowest BCUT2D eigenvalue weighted by Gasteiger charge is -2.31. The van der Waals surface area contributed by atoms with Crippen LogP contribution in [0.25, 0.3) is 6.08 Å². The van der Waals surface area contributed by atoms with Gasteiger partial charge in [-0.3, -0.25) is 0 Å². The molecule has 0 amide bonds. The maximum absolute atomic E-state index is 3.80. The predicted molar refractivity (Wildman–Crippen MR) is 105 cm³/mol. The highest BCUT2D eigenvalue weighted by Crippen LogP contribution is 2.37. The van der Waals surface area contributed by atoms with Crippen LogP contribution in [0.5, 0.6) is 0 Å². The first-order chi connectivity index (χ1) is 11.8. The van der Waals surface area contributed by atoms with Gasteiger partial charge in [0, 0.05) is 11.4 Å². The monoisotopic (exact) mass is 313 g/mol. The highest BCUT2D eigenvalue weighted by Gasteiger charge is 2.19. The molecule has 0 N–H and O–H groups in total. The third-order valence-corrected chi connectivity index (χ3v) is 4.20. The molecule has 0 saturated heterocycles. The first-order valence-corrected chi connectivity index (χ1v) is 8.41. The van der Waals surface area contributed by atoms with Gasteiger partial charge in [-0.05, 0) is 49.1 Å². The minimum absolute atomic E-state index is 1.05. The lowest BCUT2D eigenvalue weighted by molar-refractivity contribution is 0.915. The third kappa shape index (κ3) is 3.41. The van der Waals surface area contributed by atoms with Gasteiger partial charge in [-0.2, -0.15) is 0 Å². The van der Waals surface area contributed by atoms with Crippen LogP contribution in [-0.2, 0) is 0 Å². The van der Waals surface area contributed by atoms with Crippen LogP contribution in [0.15, 0.2) is 91.2 Å². The number of nitrogens with zero attached hydrogens (tertiary/aromatic N) is 1. The van der Waals surface area contributed by atoms with Gasteiger partial charge >= 0.3 is 0 Å². The third-order valence-electron chi connectivity index (χ3n) is 4.20. The van der Waals surface area contributed by atoms with Gasteiger partial charge in [-0.25, -0.2) is 0 Å². The molecule has 0 heterocycles. The molecule has 1 aliphatic carbocycles. The summed E-state index contributed by atoms with van der Waals surface area (Å²) < 4.78 is 0. The van der Waals surface area contributed by atoms with Gasteiger partial charge in [0.1, 0.15) is 0 Å². The Morgan fingerprint density at radius 2 is 1.88 bits per heavy atom. The minimum atomic E-state index is 1.05. The summed E-state index contributed by atoms with van der Waals surface area (Å²) >= 11 is 0. The van der Waals surface area contributed by atoms with Crippen molar-refractivity contribution in [2.75, 3.05) is 4.90 Å². The molecule has 1 nitrogen and oxygen atoms in total. The van der Waals surface area contributed by atoms with E-state index in [9.17, 15) is 0 Å². The van der Waals surface area contributed by atoms with E-state index in [1.54, 1.807) is 0 Å².